The summed E-state index contributed by atoms with van der Waals surface area (Å²) >= 11 is 0. The Labute approximate surface area is 195 Å². The standard InChI is InChI=1S/C25H30N2O5S/c1-18-12-14-25(15-13-18,24(29)32-2)26-23(28)20-8-5-10-21(17-20)33(30,31)27-16-6-9-19-7-3-4-11-22(19)27/h3-5,7-8,10-11,17-18H,6,9,12-16H2,1-2H3,(H,26,28). The summed E-state index contributed by atoms with van der Waals surface area (Å²) in [5.74, 6) is -0.469. The number of amides is 1. The number of methoxy groups -OCH3 is 1. The molecule has 1 heterocycles. The summed E-state index contributed by atoms with van der Waals surface area (Å²) in [6.07, 6.45) is 4.16. The van der Waals surface area contributed by atoms with Crippen LogP contribution in [0.2, 0.25) is 0 Å². The number of carbonyl (C=O) groups excluding carboxylic acids is 2. The first-order valence-electron chi connectivity index (χ1n) is 11.4. The molecule has 1 aliphatic carbocycles. The number of benzene rings is 2. The van der Waals surface area contributed by atoms with E-state index < -0.39 is 27.4 Å². The number of nitrogens with one attached hydrogen (secondary N) is 1. The highest BCUT2D eigenvalue weighted by molar-refractivity contribution is 7.92. The number of ether oxygens (including phenoxy) is 1. The van der Waals surface area contributed by atoms with E-state index >= 15 is 0 Å². The molecule has 0 aromatic heterocycles. The van der Waals surface area contributed by atoms with Crippen LogP contribution < -0.4 is 9.62 Å². The Morgan fingerprint density at radius 3 is 2.55 bits per heavy atom. The first kappa shape index (κ1) is 23.3. The molecule has 33 heavy (non-hydrogen) atoms. The maximum atomic E-state index is 13.5. The van der Waals surface area contributed by atoms with Crippen LogP contribution in [0.1, 0.15) is 54.9 Å². The van der Waals surface area contributed by atoms with E-state index in [0.717, 1.165) is 31.2 Å². The van der Waals surface area contributed by atoms with Gasteiger partial charge in [0.25, 0.3) is 15.9 Å². The summed E-state index contributed by atoms with van der Waals surface area (Å²) in [4.78, 5) is 25.8. The molecule has 2 aliphatic rings. The van der Waals surface area contributed by atoms with E-state index in [1.807, 2.05) is 24.3 Å². The summed E-state index contributed by atoms with van der Waals surface area (Å²) in [6.45, 7) is 2.51. The summed E-state index contributed by atoms with van der Waals surface area (Å²) in [5, 5.41) is 2.87. The van der Waals surface area contributed by atoms with Gasteiger partial charge in [-0.1, -0.05) is 31.2 Å². The van der Waals surface area contributed by atoms with Gasteiger partial charge in [-0.05, 0) is 74.3 Å². The lowest BCUT2D eigenvalue weighted by molar-refractivity contribution is -0.150. The summed E-state index contributed by atoms with van der Waals surface area (Å²) < 4.78 is 33.4. The van der Waals surface area contributed by atoms with Crippen LogP contribution in [-0.2, 0) is 26.0 Å². The topological polar surface area (TPSA) is 92.8 Å². The van der Waals surface area contributed by atoms with Crippen LogP contribution in [0, 0.1) is 5.92 Å². The molecule has 4 rings (SSSR count). The van der Waals surface area contributed by atoms with Gasteiger partial charge in [0.1, 0.15) is 5.54 Å². The molecule has 1 saturated carbocycles. The number of para-hydroxylation sites is 1. The van der Waals surface area contributed by atoms with Crippen LogP contribution in [-0.4, -0.2) is 39.5 Å². The van der Waals surface area contributed by atoms with Crippen LogP contribution >= 0.6 is 0 Å². The van der Waals surface area contributed by atoms with Crippen molar-refractivity contribution in [1.29, 1.82) is 0 Å². The van der Waals surface area contributed by atoms with Crippen LogP contribution in [0.4, 0.5) is 5.69 Å². The molecule has 1 aliphatic heterocycles. The van der Waals surface area contributed by atoms with Crippen LogP contribution in [0.3, 0.4) is 0 Å². The molecule has 0 radical (unpaired) electrons. The van der Waals surface area contributed by atoms with Crippen LogP contribution in [0.5, 0.6) is 0 Å². The molecule has 0 atom stereocenters. The quantitative estimate of drug-likeness (QED) is 0.673. The molecular formula is C25H30N2O5S. The van der Waals surface area contributed by atoms with Gasteiger partial charge < -0.3 is 10.1 Å². The molecule has 0 saturated heterocycles. The third kappa shape index (κ3) is 4.49. The lowest BCUT2D eigenvalue weighted by Crippen LogP contribution is -2.56. The minimum atomic E-state index is -3.85. The fourth-order valence-electron chi connectivity index (χ4n) is 4.79. The summed E-state index contributed by atoms with van der Waals surface area (Å²) in [7, 11) is -2.53. The molecular weight excluding hydrogens is 440 g/mol. The van der Waals surface area contributed by atoms with Gasteiger partial charge in [-0.25, -0.2) is 13.2 Å². The minimum absolute atomic E-state index is 0.0521. The van der Waals surface area contributed by atoms with Crippen molar-refractivity contribution in [2.24, 2.45) is 5.92 Å². The van der Waals surface area contributed by atoms with Crippen molar-refractivity contribution in [3.05, 3.63) is 59.7 Å². The van der Waals surface area contributed by atoms with E-state index in [-0.39, 0.29) is 10.5 Å². The second-order valence-electron chi connectivity index (χ2n) is 9.05. The highest BCUT2D eigenvalue weighted by Gasteiger charge is 2.43. The number of hydrogen-bond donors (Lipinski definition) is 1. The number of aryl methyl sites for hydroxylation is 1. The number of rotatable bonds is 5. The largest absolute Gasteiger partial charge is 0.467 e. The number of nitrogens with zero attached hydrogens (tertiary/aromatic N) is 1. The molecule has 2 aromatic carbocycles. The average Bonchev–Trinajstić information content (AvgIpc) is 2.84. The fraction of sp³-hybridized carbons (Fsp3) is 0.440. The van der Waals surface area contributed by atoms with E-state index in [1.54, 1.807) is 12.1 Å². The number of fused-ring (bicyclic) bond motifs is 1. The predicted octanol–water partition coefficient (Wildman–Crippen LogP) is 3.68. The molecule has 1 fully saturated rings. The first-order chi connectivity index (χ1) is 15.8. The van der Waals surface area contributed by atoms with Crippen LogP contribution in [0.25, 0.3) is 0 Å². The summed E-state index contributed by atoms with van der Waals surface area (Å²) in [6, 6.07) is 13.5. The van der Waals surface area contributed by atoms with E-state index in [2.05, 4.69) is 12.2 Å². The van der Waals surface area contributed by atoms with Crippen molar-refractivity contribution in [3.63, 3.8) is 0 Å². The maximum absolute atomic E-state index is 13.5. The zero-order valence-corrected chi connectivity index (χ0v) is 19.9. The number of hydrogen-bond acceptors (Lipinski definition) is 5. The van der Waals surface area contributed by atoms with Gasteiger partial charge in [-0.15, -0.1) is 0 Å². The lowest BCUT2D eigenvalue weighted by Gasteiger charge is -2.37. The van der Waals surface area contributed by atoms with E-state index in [0.29, 0.717) is 31.0 Å². The predicted molar refractivity (Wildman–Crippen MR) is 126 cm³/mol. The number of anilines is 1. The van der Waals surface area contributed by atoms with Crippen molar-refractivity contribution >= 4 is 27.6 Å². The molecule has 8 heteroatoms. The van der Waals surface area contributed by atoms with Crippen molar-refractivity contribution in [2.45, 2.75) is 55.9 Å². The Hall–Kier alpha value is -2.87. The lowest BCUT2D eigenvalue weighted by atomic mass is 9.77. The van der Waals surface area contributed by atoms with Crippen molar-refractivity contribution in [3.8, 4) is 0 Å². The van der Waals surface area contributed by atoms with E-state index in [4.69, 9.17) is 4.74 Å². The normalized spacial score (nSPS) is 22.8. The van der Waals surface area contributed by atoms with Gasteiger partial charge in [-0.2, -0.15) is 0 Å². The Morgan fingerprint density at radius 1 is 1.09 bits per heavy atom. The molecule has 176 valence electrons. The van der Waals surface area contributed by atoms with Crippen molar-refractivity contribution in [2.75, 3.05) is 18.0 Å². The average molecular weight is 471 g/mol. The molecule has 0 spiro atoms. The molecule has 0 bridgehead atoms. The molecule has 1 amide bonds. The monoisotopic (exact) mass is 470 g/mol. The van der Waals surface area contributed by atoms with Gasteiger partial charge in [0.05, 0.1) is 17.7 Å². The first-order valence-corrected chi connectivity index (χ1v) is 12.8. The van der Waals surface area contributed by atoms with Gasteiger partial charge in [0.15, 0.2) is 0 Å². The van der Waals surface area contributed by atoms with E-state index in [1.165, 1.54) is 23.5 Å². The number of carbonyl (C=O) groups is 2. The van der Waals surface area contributed by atoms with Gasteiger partial charge in [0.2, 0.25) is 0 Å². The maximum Gasteiger partial charge on any atom is 0.331 e. The Morgan fingerprint density at radius 2 is 1.82 bits per heavy atom. The van der Waals surface area contributed by atoms with Gasteiger partial charge >= 0.3 is 5.97 Å². The highest BCUT2D eigenvalue weighted by atomic mass is 32.2. The van der Waals surface area contributed by atoms with Crippen molar-refractivity contribution in [1.82, 2.24) is 5.32 Å². The minimum Gasteiger partial charge on any atom is -0.467 e. The van der Waals surface area contributed by atoms with Crippen LogP contribution in [0.15, 0.2) is 53.4 Å². The molecule has 0 unspecified atom stereocenters. The zero-order chi connectivity index (χ0) is 23.6. The fourth-order valence-corrected chi connectivity index (χ4v) is 6.38. The van der Waals surface area contributed by atoms with Gasteiger partial charge in [0, 0.05) is 12.1 Å². The third-order valence-corrected chi connectivity index (χ3v) is 8.62. The number of esters is 1. The SMILES string of the molecule is COC(=O)C1(NC(=O)c2cccc(S(=O)(=O)N3CCCc4ccccc43)c2)CCC(C)CC1. The van der Waals surface area contributed by atoms with Crippen molar-refractivity contribution < 1.29 is 22.7 Å². The molecule has 7 nitrogen and oxygen atoms in total. The second-order valence-corrected chi connectivity index (χ2v) is 10.9. The molecule has 2 aromatic rings. The van der Waals surface area contributed by atoms with Gasteiger partial charge in [-0.3, -0.25) is 9.10 Å². The second kappa shape index (κ2) is 9.17. The summed E-state index contributed by atoms with van der Waals surface area (Å²) in [5.41, 5.74) is 0.787. The number of sulfonamides is 1. The smallest absolute Gasteiger partial charge is 0.331 e. The zero-order valence-electron chi connectivity index (χ0n) is 19.0. The Balaban J connectivity index is 1.61. The highest BCUT2D eigenvalue weighted by Crippen LogP contribution is 2.34. The van der Waals surface area contributed by atoms with E-state index in [9.17, 15) is 18.0 Å². The Kier molecular flexibility index (Phi) is 6.47. The Bertz CT molecular complexity index is 1150. The third-order valence-electron chi connectivity index (χ3n) is 6.81. The molecule has 1 N–H and O–H groups in total.